The summed E-state index contributed by atoms with van der Waals surface area (Å²) in [6.07, 6.45) is 14.6. The van der Waals surface area contributed by atoms with E-state index in [2.05, 4.69) is 43.1 Å². The van der Waals surface area contributed by atoms with Gasteiger partial charge in [0.1, 0.15) is 0 Å². The molecule has 3 heteroatoms. The molecule has 0 heterocycles. The van der Waals surface area contributed by atoms with E-state index in [9.17, 15) is 0 Å². The minimum atomic E-state index is -2.06. The first kappa shape index (κ1) is 26.6. The van der Waals surface area contributed by atoms with Crippen LogP contribution in [0.15, 0.2) is 34.4 Å². The zero-order valence-corrected chi connectivity index (χ0v) is 22.5. The van der Waals surface area contributed by atoms with Crippen molar-refractivity contribution < 1.29 is 9.47 Å². The van der Waals surface area contributed by atoms with Gasteiger partial charge in [-0.25, -0.2) is 0 Å². The molecule has 0 atom stereocenters. The van der Waals surface area contributed by atoms with Crippen molar-refractivity contribution in [3.63, 3.8) is 0 Å². The van der Waals surface area contributed by atoms with Gasteiger partial charge in [0, 0.05) is 0 Å². The van der Waals surface area contributed by atoms with Gasteiger partial charge in [-0.1, -0.05) is 0 Å². The molecule has 0 aliphatic carbocycles. The fourth-order valence-electron chi connectivity index (χ4n) is 3.92. The fraction of sp³-hybridized carbons (Fsp3) is 0.692. The summed E-state index contributed by atoms with van der Waals surface area (Å²) >= 11 is -2.06. The number of rotatable bonds is 18. The molecule has 0 aliphatic heterocycles. The fourth-order valence-corrected chi connectivity index (χ4v) is 18.4. The van der Waals surface area contributed by atoms with Crippen LogP contribution < -0.4 is 4.74 Å². The van der Waals surface area contributed by atoms with Crippen LogP contribution in [-0.2, 0) is 11.3 Å². The van der Waals surface area contributed by atoms with Gasteiger partial charge in [-0.15, -0.1) is 0 Å². The molecule has 1 rings (SSSR count). The molecule has 0 radical (unpaired) electrons. The van der Waals surface area contributed by atoms with E-state index < -0.39 is 18.4 Å². The van der Waals surface area contributed by atoms with E-state index in [1.807, 2.05) is 12.1 Å². The van der Waals surface area contributed by atoms with E-state index in [0.717, 1.165) is 18.8 Å². The molecule has 0 fully saturated rings. The Morgan fingerprint density at radius 3 is 1.90 bits per heavy atom. The maximum absolute atomic E-state index is 5.85. The zero-order chi connectivity index (χ0) is 21.2. The molecule has 0 aliphatic rings. The van der Waals surface area contributed by atoms with Gasteiger partial charge in [-0.3, -0.25) is 0 Å². The number of ether oxygens (including phenoxy) is 2. The second-order valence-electron chi connectivity index (χ2n) is 8.47. The summed E-state index contributed by atoms with van der Waals surface area (Å²) in [5.41, 5.74) is 1.22. The Kier molecular flexibility index (Phi) is 15.8. The number of methoxy groups -OCH3 is 1. The summed E-state index contributed by atoms with van der Waals surface area (Å²) in [5.74, 6) is 0.902. The topological polar surface area (TPSA) is 18.5 Å². The van der Waals surface area contributed by atoms with Crippen LogP contribution in [0.2, 0.25) is 13.3 Å². The molecule has 1 aromatic rings. The van der Waals surface area contributed by atoms with E-state index in [-0.39, 0.29) is 0 Å². The van der Waals surface area contributed by atoms with Crippen molar-refractivity contribution in [3.8, 4) is 5.75 Å². The third-order valence-corrected chi connectivity index (χ3v) is 20.1. The first-order valence-corrected chi connectivity index (χ1v) is 19.8. The summed E-state index contributed by atoms with van der Waals surface area (Å²) in [6, 6.07) is 8.16. The van der Waals surface area contributed by atoms with Crippen molar-refractivity contribution in [2.45, 2.75) is 98.5 Å². The number of benzene rings is 1. The predicted octanol–water partition coefficient (Wildman–Crippen LogP) is 8.33. The van der Waals surface area contributed by atoms with E-state index in [1.165, 1.54) is 56.9 Å². The SMILES string of the molecule is CCC[CH2][Sn](/[CH]=C/CCCCOCc1ccc(OC)cc1)([CH2]CCC)[CH2]CCC. The number of allylic oxidation sites excluding steroid dienone is 1. The third-order valence-electron chi connectivity index (χ3n) is 5.89. The maximum atomic E-state index is 5.85. The Balaban J connectivity index is 2.34. The quantitative estimate of drug-likeness (QED) is 0.146. The van der Waals surface area contributed by atoms with Crippen LogP contribution in [-0.4, -0.2) is 32.1 Å². The van der Waals surface area contributed by atoms with E-state index in [1.54, 1.807) is 20.4 Å². The molecule has 166 valence electrons. The van der Waals surface area contributed by atoms with E-state index in [4.69, 9.17) is 9.47 Å². The number of hydrogen-bond acceptors (Lipinski definition) is 2. The van der Waals surface area contributed by atoms with Gasteiger partial charge >= 0.3 is 174 Å². The van der Waals surface area contributed by atoms with Crippen molar-refractivity contribution in [3.05, 3.63) is 40.0 Å². The first-order chi connectivity index (χ1) is 14.2. The van der Waals surface area contributed by atoms with Crippen LogP contribution in [0.5, 0.6) is 5.75 Å². The third kappa shape index (κ3) is 12.1. The Bertz CT molecular complexity index is 502. The molecule has 0 spiro atoms. The van der Waals surface area contributed by atoms with E-state index >= 15 is 0 Å². The summed E-state index contributed by atoms with van der Waals surface area (Å²) in [4.78, 5) is 0. The molecule has 0 bridgehead atoms. The van der Waals surface area contributed by atoms with Gasteiger partial charge < -0.3 is 4.74 Å². The van der Waals surface area contributed by atoms with Crippen molar-refractivity contribution in [2.24, 2.45) is 0 Å². The second kappa shape index (κ2) is 17.2. The molecule has 1 aromatic carbocycles. The van der Waals surface area contributed by atoms with Crippen LogP contribution in [0.4, 0.5) is 0 Å². The Labute approximate surface area is 185 Å². The van der Waals surface area contributed by atoms with Gasteiger partial charge in [0.2, 0.25) is 0 Å². The molecule has 0 amide bonds. The predicted molar refractivity (Wildman–Crippen MR) is 131 cm³/mol. The standard InChI is InChI=1S/C14H19O2.3C4H9.Sn/c1-3-4-5-6-11-16-12-13-7-9-14(15-2)10-8-13;3*1-3-4-2;/h1,3,7-10H,4-6,11-12H2,2H3;3*1,3-4H2,2H3;. The first-order valence-electron chi connectivity index (χ1n) is 12.1. The van der Waals surface area contributed by atoms with Gasteiger partial charge in [-0.05, 0) is 0 Å². The summed E-state index contributed by atoms with van der Waals surface area (Å²) in [6.45, 7) is 8.62. The summed E-state index contributed by atoms with van der Waals surface area (Å²) in [7, 11) is 1.70. The monoisotopic (exact) mass is 510 g/mol. The van der Waals surface area contributed by atoms with Crippen molar-refractivity contribution in [1.29, 1.82) is 0 Å². The molecule has 0 saturated carbocycles. The van der Waals surface area contributed by atoms with E-state index in [0.29, 0.717) is 6.61 Å². The summed E-state index contributed by atoms with van der Waals surface area (Å²) in [5, 5.41) is 0. The Morgan fingerprint density at radius 2 is 1.38 bits per heavy atom. The van der Waals surface area contributed by atoms with Crippen LogP contribution in [0.25, 0.3) is 0 Å². The molecular weight excluding hydrogens is 463 g/mol. The van der Waals surface area contributed by atoms with Crippen LogP contribution in [0.3, 0.4) is 0 Å². The van der Waals surface area contributed by atoms with Crippen LogP contribution in [0.1, 0.15) is 84.1 Å². The average molecular weight is 509 g/mol. The molecule has 0 N–H and O–H groups in total. The normalized spacial score (nSPS) is 12.0. The summed E-state index contributed by atoms with van der Waals surface area (Å²) < 4.78 is 18.6. The number of hydrogen-bond donors (Lipinski definition) is 0. The Hall–Kier alpha value is -0.481. The van der Waals surface area contributed by atoms with Gasteiger partial charge in [0.25, 0.3) is 0 Å². The molecule has 0 unspecified atom stereocenters. The second-order valence-corrected chi connectivity index (χ2v) is 21.5. The Morgan fingerprint density at radius 1 is 0.793 bits per heavy atom. The molecule has 2 nitrogen and oxygen atoms in total. The minimum absolute atomic E-state index is 0.699. The van der Waals surface area contributed by atoms with Crippen molar-refractivity contribution in [2.75, 3.05) is 13.7 Å². The van der Waals surface area contributed by atoms with Gasteiger partial charge in [0.15, 0.2) is 0 Å². The van der Waals surface area contributed by atoms with Crippen LogP contribution in [0, 0.1) is 0 Å². The molecular formula is C26H46O2Sn. The van der Waals surface area contributed by atoms with Crippen molar-refractivity contribution in [1.82, 2.24) is 0 Å². The molecule has 0 aromatic heterocycles. The molecule has 29 heavy (non-hydrogen) atoms. The van der Waals surface area contributed by atoms with Crippen molar-refractivity contribution >= 4 is 18.4 Å². The zero-order valence-electron chi connectivity index (χ0n) is 19.7. The molecule has 0 saturated heterocycles. The van der Waals surface area contributed by atoms with Crippen LogP contribution >= 0.6 is 0 Å². The number of unbranched alkanes of at least 4 members (excludes halogenated alkanes) is 5. The van der Waals surface area contributed by atoms with Gasteiger partial charge in [-0.2, -0.15) is 0 Å². The van der Waals surface area contributed by atoms with Gasteiger partial charge in [0.05, 0.1) is 7.11 Å². The average Bonchev–Trinajstić information content (AvgIpc) is 2.76.